The van der Waals surface area contributed by atoms with Gasteiger partial charge in [-0.05, 0) is 48.3 Å². The molecular weight excluding hydrogens is 358 g/mol. The molecule has 0 atom stereocenters. The largest absolute Gasteiger partial charge is 0.268 e. The Labute approximate surface area is 162 Å². The van der Waals surface area contributed by atoms with E-state index in [2.05, 4.69) is 38.0 Å². The number of nitrogens with zero attached hydrogens (tertiary/aromatic N) is 3. The van der Waals surface area contributed by atoms with Crippen LogP contribution in [0.15, 0.2) is 35.5 Å². The Morgan fingerprint density at radius 3 is 2.56 bits per heavy atom. The molecule has 0 saturated heterocycles. The van der Waals surface area contributed by atoms with Gasteiger partial charge in [0.1, 0.15) is 4.90 Å². The van der Waals surface area contributed by atoms with Gasteiger partial charge in [0.05, 0.1) is 17.9 Å². The topological polar surface area (TPSA) is 55.2 Å². The van der Waals surface area contributed by atoms with E-state index >= 15 is 0 Å². The number of anilines is 1. The summed E-state index contributed by atoms with van der Waals surface area (Å²) >= 11 is 0. The highest BCUT2D eigenvalue weighted by atomic mass is 32.2. The Morgan fingerprint density at radius 2 is 1.85 bits per heavy atom. The molecule has 2 aliphatic rings. The molecule has 0 unspecified atom stereocenters. The zero-order valence-corrected chi connectivity index (χ0v) is 17.3. The summed E-state index contributed by atoms with van der Waals surface area (Å²) in [5.41, 5.74) is 3.25. The van der Waals surface area contributed by atoms with Gasteiger partial charge in [0.2, 0.25) is 0 Å². The van der Waals surface area contributed by atoms with Gasteiger partial charge >= 0.3 is 0 Å². The second-order valence-corrected chi connectivity index (χ2v) is 10.7. The summed E-state index contributed by atoms with van der Waals surface area (Å²) in [5, 5.41) is 4.37. The van der Waals surface area contributed by atoms with Crippen molar-refractivity contribution in [2.45, 2.75) is 75.6 Å². The smallest absolute Gasteiger partial charge is 0.267 e. The van der Waals surface area contributed by atoms with E-state index in [1.165, 1.54) is 24.6 Å². The molecular formula is C21H29N3O2S. The van der Waals surface area contributed by atoms with E-state index in [0.29, 0.717) is 17.5 Å². The van der Waals surface area contributed by atoms with Crippen molar-refractivity contribution in [3.05, 3.63) is 41.7 Å². The average Bonchev–Trinajstić information content (AvgIpc) is 3.31. The monoisotopic (exact) mass is 387 g/mol. The minimum atomic E-state index is -3.58. The van der Waals surface area contributed by atoms with Gasteiger partial charge < -0.3 is 0 Å². The molecule has 0 bridgehead atoms. The Balaban J connectivity index is 1.67. The molecule has 0 amide bonds. The first-order valence-corrected chi connectivity index (χ1v) is 11.4. The standard InChI is InChI=1S/C21H29N3O2S/c1-21(2,3)17-10-11-20-16(13-17)7-6-12-24(20)27(25,26)19-14-22-23(15-19)18-8-4-5-9-18/h10-11,13-15,18H,4-9,12H2,1-3H3. The van der Waals surface area contributed by atoms with Crippen LogP contribution in [0.1, 0.15) is 70.0 Å². The first kappa shape index (κ1) is 18.5. The third-order valence-corrected chi connectivity index (χ3v) is 7.65. The number of fused-ring (bicyclic) bond motifs is 1. The summed E-state index contributed by atoms with van der Waals surface area (Å²) in [6.07, 6.45) is 9.58. The zero-order chi connectivity index (χ0) is 19.2. The number of aryl methyl sites for hydroxylation is 1. The van der Waals surface area contributed by atoms with Gasteiger partial charge in [-0.2, -0.15) is 5.10 Å². The van der Waals surface area contributed by atoms with Gasteiger partial charge in [-0.15, -0.1) is 0 Å². The van der Waals surface area contributed by atoms with Crippen LogP contribution in [0, 0.1) is 0 Å². The summed E-state index contributed by atoms with van der Waals surface area (Å²) in [7, 11) is -3.58. The van der Waals surface area contributed by atoms with E-state index < -0.39 is 10.0 Å². The van der Waals surface area contributed by atoms with Crippen molar-refractivity contribution < 1.29 is 8.42 Å². The number of hydrogen-bond acceptors (Lipinski definition) is 3. The minimum absolute atomic E-state index is 0.0542. The lowest BCUT2D eigenvalue weighted by atomic mass is 9.85. The van der Waals surface area contributed by atoms with Gasteiger partial charge in [0.15, 0.2) is 0 Å². The van der Waals surface area contributed by atoms with E-state index in [0.717, 1.165) is 36.9 Å². The molecule has 0 N–H and O–H groups in total. The normalized spacial score (nSPS) is 18.7. The highest BCUT2D eigenvalue weighted by molar-refractivity contribution is 7.92. The second-order valence-electron chi connectivity index (χ2n) is 8.87. The maximum atomic E-state index is 13.3. The van der Waals surface area contributed by atoms with Crippen molar-refractivity contribution in [3.63, 3.8) is 0 Å². The molecule has 2 aromatic rings. The fraction of sp³-hybridized carbons (Fsp3) is 0.571. The van der Waals surface area contributed by atoms with Gasteiger partial charge in [-0.3, -0.25) is 8.99 Å². The molecule has 146 valence electrons. The van der Waals surface area contributed by atoms with Crippen LogP contribution >= 0.6 is 0 Å². The Kier molecular flexibility index (Phi) is 4.57. The maximum absolute atomic E-state index is 13.3. The Hall–Kier alpha value is -1.82. The summed E-state index contributed by atoms with van der Waals surface area (Å²) in [4.78, 5) is 0.308. The quantitative estimate of drug-likeness (QED) is 0.782. The van der Waals surface area contributed by atoms with Crippen LogP contribution in [-0.2, 0) is 21.9 Å². The highest BCUT2D eigenvalue weighted by Crippen LogP contribution is 2.36. The highest BCUT2D eigenvalue weighted by Gasteiger charge is 2.31. The molecule has 1 aromatic heterocycles. The summed E-state index contributed by atoms with van der Waals surface area (Å²) in [5.74, 6) is 0. The predicted molar refractivity (Wildman–Crippen MR) is 108 cm³/mol. The Bertz CT molecular complexity index is 935. The summed E-state index contributed by atoms with van der Waals surface area (Å²) < 4.78 is 30.1. The lowest BCUT2D eigenvalue weighted by Gasteiger charge is -2.31. The lowest BCUT2D eigenvalue weighted by Crippen LogP contribution is -2.35. The van der Waals surface area contributed by atoms with Gasteiger partial charge in [-0.1, -0.05) is 45.7 Å². The van der Waals surface area contributed by atoms with Crippen LogP contribution in [0.4, 0.5) is 5.69 Å². The van der Waals surface area contributed by atoms with Gasteiger partial charge in [0.25, 0.3) is 10.0 Å². The summed E-state index contributed by atoms with van der Waals surface area (Å²) in [6.45, 7) is 7.08. The number of aromatic nitrogens is 2. The van der Waals surface area contributed by atoms with E-state index in [4.69, 9.17) is 0 Å². The molecule has 6 heteroatoms. The fourth-order valence-electron chi connectivity index (χ4n) is 4.23. The lowest BCUT2D eigenvalue weighted by molar-refractivity contribution is 0.466. The first-order chi connectivity index (χ1) is 12.8. The van der Waals surface area contributed by atoms with E-state index in [1.807, 2.05) is 10.7 Å². The van der Waals surface area contributed by atoms with Gasteiger partial charge in [-0.25, -0.2) is 8.42 Å². The molecule has 2 heterocycles. The van der Waals surface area contributed by atoms with E-state index in [-0.39, 0.29) is 5.41 Å². The number of benzene rings is 1. The fourth-order valence-corrected chi connectivity index (χ4v) is 5.71. The van der Waals surface area contributed by atoms with Crippen molar-refractivity contribution in [2.75, 3.05) is 10.8 Å². The molecule has 1 fully saturated rings. The first-order valence-electron chi connectivity index (χ1n) is 9.97. The SMILES string of the molecule is CC(C)(C)c1ccc2c(c1)CCCN2S(=O)(=O)c1cnn(C2CCCC2)c1. The van der Waals surface area contributed by atoms with Crippen molar-refractivity contribution in [2.24, 2.45) is 0 Å². The molecule has 0 spiro atoms. The molecule has 5 nitrogen and oxygen atoms in total. The van der Waals surface area contributed by atoms with E-state index in [9.17, 15) is 8.42 Å². The maximum Gasteiger partial charge on any atom is 0.267 e. The molecule has 1 aromatic carbocycles. The summed E-state index contributed by atoms with van der Waals surface area (Å²) in [6, 6.07) is 6.57. The van der Waals surface area contributed by atoms with Crippen LogP contribution in [0.3, 0.4) is 0 Å². The van der Waals surface area contributed by atoms with Crippen molar-refractivity contribution in [1.82, 2.24) is 9.78 Å². The predicted octanol–water partition coefficient (Wildman–Crippen LogP) is 4.44. The van der Waals surface area contributed by atoms with Crippen LogP contribution < -0.4 is 4.31 Å². The molecule has 1 aliphatic carbocycles. The van der Waals surface area contributed by atoms with Crippen molar-refractivity contribution >= 4 is 15.7 Å². The molecule has 1 saturated carbocycles. The minimum Gasteiger partial charge on any atom is -0.268 e. The average molecular weight is 388 g/mol. The second kappa shape index (κ2) is 6.66. The molecule has 4 rings (SSSR count). The zero-order valence-electron chi connectivity index (χ0n) is 16.5. The van der Waals surface area contributed by atoms with E-state index in [1.54, 1.807) is 10.5 Å². The number of rotatable bonds is 3. The molecule has 27 heavy (non-hydrogen) atoms. The van der Waals surface area contributed by atoms with Crippen molar-refractivity contribution in [1.29, 1.82) is 0 Å². The van der Waals surface area contributed by atoms with Crippen LogP contribution in [0.2, 0.25) is 0 Å². The third kappa shape index (κ3) is 3.40. The Morgan fingerprint density at radius 1 is 1.11 bits per heavy atom. The van der Waals surface area contributed by atoms with Gasteiger partial charge in [0, 0.05) is 12.7 Å². The number of hydrogen-bond donors (Lipinski definition) is 0. The van der Waals surface area contributed by atoms with Crippen LogP contribution in [-0.4, -0.2) is 24.7 Å². The molecule has 1 aliphatic heterocycles. The third-order valence-electron chi connectivity index (χ3n) is 5.89. The number of sulfonamides is 1. The molecule has 0 radical (unpaired) electrons. The van der Waals surface area contributed by atoms with Crippen LogP contribution in [0.25, 0.3) is 0 Å². The van der Waals surface area contributed by atoms with Crippen molar-refractivity contribution in [3.8, 4) is 0 Å². The van der Waals surface area contributed by atoms with Crippen LogP contribution in [0.5, 0.6) is 0 Å².